The van der Waals surface area contributed by atoms with Gasteiger partial charge in [0.25, 0.3) is 0 Å². The summed E-state index contributed by atoms with van der Waals surface area (Å²) < 4.78 is 28.0. The Kier molecular flexibility index (Phi) is 2.42. The second-order valence-electron chi connectivity index (χ2n) is 3.84. The molecule has 1 saturated heterocycles. The molecule has 1 fully saturated rings. The van der Waals surface area contributed by atoms with Crippen molar-refractivity contribution in [1.82, 2.24) is 0 Å². The van der Waals surface area contributed by atoms with E-state index < -0.39 is 12.2 Å². The van der Waals surface area contributed by atoms with E-state index in [4.69, 9.17) is 24.4 Å². The van der Waals surface area contributed by atoms with Gasteiger partial charge in [0.15, 0.2) is 12.2 Å². The Hall–Kier alpha value is -1.87. The molecule has 0 aromatic heterocycles. The highest BCUT2D eigenvalue weighted by atomic mass is 32.1. The van der Waals surface area contributed by atoms with E-state index in [1.807, 2.05) is 12.1 Å². The van der Waals surface area contributed by atoms with Crippen molar-refractivity contribution in [2.75, 3.05) is 0 Å². The minimum Gasteiger partial charge on any atom is -0.444 e. The van der Waals surface area contributed by atoms with Crippen LogP contribution in [0.2, 0.25) is 0 Å². The van der Waals surface area contributed by atoms with Crippen molar-refractivity contribution in [1.29, 1.82) is 0 Å². The Balaban J connectivity index is 2.16. The van der Waals surface area contributed by atoms with E-state index in [0.29, 0.717) is 11.1 Å². The number of thiocarbonyl (C=S) groups is 1. The third kappa shape index (κ3) is 2.09. The van der Waals surface area contributed by atoms with Crippen LogP contribution in [0.1, 0.15) is 26.0 Å². The molecule has 1 aliphatic rings. The summed E-state index contributed by atoms with van der Waals surface area (Å²) in [6.45, 7) is 0. The SMILES string of the molecule is [3H][C@@]1(c2ccccc2)OC(=S)O[C@]1([3H])c1ccccc1. The van der Waals surface area contributed by atoms with Gasteiger partial charge in [-0.3, -0.25) is 0 Å². The summed E-state index contributed by atoms with van der Waals surface area (Å²) in [5.74, 6) is 0. The molecule has 0 N–H and O–H groups in total. The molecule has 2 aromatic carbocycles. The van der Waals surface area contributed by atoms with Crippen LogP contribution in [0.5, 0.6) is 0 Å². The number of rotatable bonds is 2. The number of ether oxygens (including phenoxy) is 2. The average molecular weight is 260 g/mol. The molecule has 90 valence electrons. The number of hydrogen-bond donors (Lipinski definition) is 0. The van der Waals surface area contributed by atoms with E-state index in [-0.39, 0.29) is 5.24 Å². The Morgan fingerprint density at radius 2 is 1.17 bits per heavy atom. The first-order valence-corrected chi connectivity index (χ1v) is 6.00. The zero-order chi connectivity index (χ0) is 14.2. The lowest BCUT2D eigenvalue weighted by molar-refractivity contribution is 0.159. The standard InChI is InChI=1S/C15H12O2S/c18-15-16-13(11-7-3-1-4-8-11)14(17-15)12-9-5-2-6-10-12/h1-10,13-14H/t13-,14+/i13T,14T. The van der Waals surface area contributed by atoms with Crippen LogP contribution in [-0.4, -0.2) is 5.24 Å². The van der Waals surface area contributed by atoms with E-state index in [1.54, 1.807) is 48.5 Å². The van der Waals surface area contributed by atoms with Crippen LogP contribution in [-0.2, 0) is 9.47 Å². The van der Waals surface area contributed by atoms with Crippen LogP contribution in [0.15, 0.2) is 60.7 Å². The van der Waals surface area contributed by atoms with E-state index in [2.05, 4.69) is 0 Å². The smallest absolute Gasteiger partial charge is 0.353 e. The topological polar surface area (TPSA) is 18.5 Å². The van der Waals surface area contributed by atoms with Gasteiger partial charge in [0.1, 0.15) is 0 Å². The van der Waals surface area contributed by atoms with Crippen LogP contribution in [0.4, 0.5) is 0 Å². The van der Waals surface area contributed by atoms with Gasteiger partial charge in [0.05, 0.1) is 2.74 Å². The van der Waals surface area contributed by atoms with Gasteiger partial charge in [-0.05, 0) is 11.1 Å². The highest BCUT2D eigenvalue weighted by Gasteiger charge is 2.36. The van der Waals surface area contributed by atoms with Gasteiger partial charge in [0.2, 0.25) is 0 Å². The fraction of sp³-hybridized carbons (Fsp3) is 0.133. The fourth-order valence-electron chi connectivity index (χ4n) is 1.84. The highest BCUT2D eigenvalue weighted by Crippen LogP contribution is 2.40. The van der Waals surface area contributed by atoms with E-state index in [9.17, 15) is 0 Å². The van der Waals surface area contributed by atoms with Crippen LogP contribution < -0.4 is 0 Å². The summed E-state index contributed by atoms with van der Waals surface area (Å²) in [6, 6.07) is 17.8. The predicted molar refractivity (Wildman–Crippen MR) is 73.1 cm³/mol. The van der Waals surface area contributed by atoms with Crippen molar-refractivity contribution in [3.05, 3.63) is 71.8 Å². The summed E-state index contributed by atoms with van der Waals surface area (Å²) >= 11 is 4.93. The molecule has 0 bridgehead atoms. The first-order chi connectivity index (χ1) is 9.56. The van der Waals surface area contributed by atoms with Crippen LogP contribution in [0.3, 0.4) is 0 Å². The zero-order valence-corrected chi connectivity index (χ0v) is 10.3. The van der Waals surface area contributed by atoms with E-state index in [0.717, 1.165) is 0 Å². The maximum atomic E-state index is 8.62. The molecular formula is C15H12O2S. The summed E-state index contributed by atoms with van der Waals surface area (Å²) in [6.07, 6.45) is -3.46. The lowest BCUT2D eigenvalue weighted by atomic mass is 9.99. The van der Waals surface area contributed by atoms with E-state index in [1.165, 1.54) is 0 Å². The minimum atomic E-state index is -1.73. The first-order valence-electron chi connectivity index (χ1n) is 6.59. The van der Waals surface area contributed by atoms with Gasteiger partial charge in [0, 0.05) is 12.2 Å². The fourth-order valence-corrected chi connectivity index (χ4v) is 2.01. The van der Waals surface area contributed by atoms with Gasteiger partial charge in [-0.2, -0.15) is 0 Å². The molecule has 2 aromatic rings. The third-order valence-electron chi connectivity index (χ3n) is 2.65. The van der Waals surface area contributed by atoms with Gasteiger partial charge in [-0.25, -0.2) is 0 Å². The minimum absolute atomic E-state index is 0.178. The predicted octanol–water partition coefficient (Wildman–Crippen LogP) is 3.80. The molecule has 18 heavy (non-hydrogen) atoms. The highest BCUT2D eigenvalue weighted by molar-refractivity contribution is 7.79. The molecule has 0 radical (unpaired) electrons. The zero-order valence-electron chi connectivity index (χ0n) is 11.5. The van der Waals surface area contributed by atoms with Gasteiger partial charge < -0.3 is 9.47 Å². The summed E-state index contributed by atoms with van der Waals surface area (Å²) in [5, 5.41) is -0.178. The monoisotopic (exact) mass is 260 g/mol. The van der Waals surface area contributed by atoms with Crippen molar-refractivity contribution in [2.24, 2.45) is 0 Å². The van der Waals surface area contributed by atoms with Crippen molar-refractivity contribution >= 4 is 17.5 Å². The lowest BCUT2D eigenvalue weighted by Crippen LogP contribution is -2.06. The maximum Gasteiger partial charge on any atom is 0.353 e. The van der Waals surface area contributed by atoms with Crippen molar-refractivity contribution in [2.45, 2.75) is 12.2 Å². The molecule has 2 nitrogen and oxygen atoms in total. The van der Waals surface area contributed by atoms with E-state index >= 15 is 0 Å². The molecular weight excluding hydrogens is 244 g/mol. The Bertz CT molecular complexity index is 579. The normalized spacial score (nSPS) is 32.1. The molecule has 3 heteroatoms. The van der Waals surface area contributed by atoms with Crippen molar-refractivity contribution in [3.8, 4) is 0 Å². The average Bonchev–Trinajstić information content (AvgIpc) is 2.72. The Morgan fingerprint density at radius 1 is 0.778 bits per heavy atom. The second-order valence-corrected chi connectivity index (χ2v) is 4.18. The van der Waals surface area contributed by atoms with Crippen molar-refractivity contribution < 1.29 is 12.2 Å². The number of hydrogen-bond acceptors (Lipinski definition) is 3. The third-order valence-corrected chi connectivity index (χ3v) is 2.82. The quantitative estimate of drug-likeness (QED) is 0.765. The van der Waals surface area contributed by atoms with Crippen LogP contribution in [0, 0.1) is 0 Å². The molecule has 1 heterocycles. The van der Waals surface area contributed by atoms with Gasteiger partial charge >= 0.3 is 5.24 Å². The largest absolute Gasteiger partial charge is 0.444 e. The first kappa shape index (κ1) is 9.11. The Morgan fingerprint density at radius 3 is 1.56 bits per heavy atom. The molecule has 0 unspecified atom stereocenters. The molecule has 0 saturated carbocycles. The molecule has 0 amide bonds. The lowest BCUT2D eigenvalue weighted by Gasteiger charge is -2.16. The second kappa shape index (κ2) is 4.78. The molecule has 1 aliphatic heterocycles. The summed E-state index contributed by atoms with van der Waals surface area (Å²) in [7, 11) is 0. The van der Waals surface area contributed by atoms with Crippen molar-refractivity contribution in [3.63, 3.8) is 0 Å². The molecule has 3 rings (SSSR count). The maximum absolute atomic E-state index is 8.62. The molecule has 0 spiro atoms. The Labute approximate surface area is 114 Å². The summed E-state index contributed by atoms with van der Waals surface area (Å²) in [5.41, 5.74) is 1.05. The molecule has 0 aliphatic carbocycles. The van der Waals surface area contributed by atoms with Gasteiger partial charge in [-0.15, -0.1) is 0 Å². The van der Waals surface area contributed by atoms with Gasteiger partial charge in [-0.1, -0.05) is 60.7 Å². The summed E-state index contributed by atoms with van der Waals surface area (Å²) in [4.78, 5) is 0. The number of benzene rings is 2. The van der Waals surface area contributed by atoms with Crippen LogP contribution >= 0.6 is 12.2 Å². The molecule has 2 atom stereocenters. The van der Waals surface area contributed by atoms with Crippen LogP contribution in [0.25, 0.3) is 0 Å².